The van der Waals surface area contributed by atoms with E-state index in [1.165, 1.54) is 0 Å². The standard InChI is InChI=1S/C25H41NO/c1-2-3-4-5-6-7-8-9-10-11-12-13-14-15-16-17-18-19-20-21-24-27-25-22-23-26/h3-4,6-7,9-10,12-13,15-16,18-19H,2,5,8,11,14,17,20-26H2,1H3. The fourth-order valence-electron chi connectivity index (χ4n) is 2.23. The molecule has 0 aliphatic rings. The van der Waals surface area contributed by atoms with Crippen molar-refractivity contribution in [2.75, 3.05) is 19.8 Å². The molecule has 0 unspecified atom stereocenters. The van der Waals surface area contributed by atoms with Gasteiger partial charge in [-0.1, -0.05) is 79.8 Å². The number of hydrogen-bond donors (Lipinski definition) is 1. The molecule has 0 radical (unpaired) electrons. The zero-order valence-electron chi connectivity index (χ0n) is 17.4. The Morgan fingerprint density at radius 2 is 0.963 bits per heavy atom. The van der Waals surface area contributed by atoms with Gasteiger partial charge in [-0.05, 0) is 64.3 Å². The molecule has 0 atom stereocenters. The van der Waals surface area contributed by atoms with Crippen LogP contribution >= 0.6 is 0 Å². The van der Waals surface area contributed by atoms with Crippen molar-refractivity contribution in [1.82, 2.24) is 0 Å². The molecule has 0 saturated heterocycles. The van der Waals surface area contributed by atoms with Crippen molar-refractivity contribution in [2.45, 2.75) is 64.7 Å². The largest absolute Gasteiger partial charge is 0.381 e. The van der Waals surface area contributed by atoms with E-state index >= 15 is 0 Å². The summed E-state index contributed by atoms with van der Waals surface area (Å²) in [6.07, 6.45) is 36.1. The molecule has 0 amide bonds. The summed E-state index contributed by atoms with van der Waals surface area (Å²) in [5.74, 6) is 0. The Morgan fingerprint density at radius 1 is 0.556 bits per heavy atom. The van der Waals surface area contributed by atoms with E-state index in [1.807, 2.05) is 0 Å². The number of rotatable bonds is 18. The Hall–Kier alpha value is -1.64. The molecular formula is C25H41NO. The summed E-state index contributed by atoms with van der Waals surface area (Å²) in [7, 11) is 0. The first-order valence-corrected chi connectivity index (χ1v) is 10.6. The summed E-state index contributed by atoms with van der Waals surface area (Å²) >= 11 is 0. The quantitative estimate of drug-likeness (QED) is 0.212. The molecule has 0 spiro atoms. The van der Waals surface area contributed by atoms with Gasteiger partial charge in [0.1, 0.15) is 0 Å². The first-order valence-electron chi connectivity index (χ1n) is 10.6. The third-order valence-electron chi connectivity index (χ3n) is 3.75. The van der Waals surface area contributed by atoms with Crippen LogP contribution in [-0.4, -0.2) is 19.8 Å². The average Bonchev–Trinajstić information content (AvgIpc) is 2.68. The highest BCUT2D eigenvalue weighted by Gasteiger charge is 1.86. The lowest BCUT2D eigenvalue weighted by Crippen LogP contribution is -2.04. The zero-order chi connectivity index (χ0) is 19.7. The van der Waals surface area contributed by atoms with Crippen LogP contribution in [0.5, 0.6) is 0 Å². The van der Waals surface area contributed by atoms with Crippen molar-refractivity contribution in [3.8, 4) is 0 Å². The third kappa shape index (κ3) is 24.4. The molecule has 0 aromatic rings. The van der Waals surface area contributed by atoms with Crippen LogP contribution in [0, 0.1) is 0 Å². The number of ether oxygens (including phenoxy) is 1. The van der Waals surface area contributed by atoms with Crippen molar-refractivity contribution in [2.24, 2.45) is 5.73 Å². The number of allylic oxidation sites excluding steroid dienone is 12. The molecule has 0 heterocycles. The van der Waals surface area contributed by atoms with Gasteiger partial charge in [0.05, 0.1) is 0 Å². The minimum absolute atomic E-state index is 0.715. The van der Waals surface area contributed by atoms with Gasteiger partial charge in [0.15, 0.2) is 0 Å². The van der Waals surface area contributed by atoms with Crippen LogP contribution in [0.3, 0.4) is 0 Å². The van der Waals surface area contributed by atoms with Gasteiger partial charge in [0.2, 0.25) is 0 Å². The number of unbranched alkanes of at least 4 members (excludes halogenated alkanes) is 1. The SMILES string of the molecule is CCC=CCC=CCC=CCC=CCC=CCC=CCCCOCCCN. The lowest BCUT2D eigenvalue weighted by Gasteiger charge is -2.00. The van der Waals surface area contributed by atoms with Crippen molar-refractivity contribution in [1.29, 1.82) is 0 Å². The van der Waals surface area contributed by atoms with Gasteiger partial charge in [-0.25, -0.2) is 0 Å². The molecule has 2 heteroatoms. The first kappa shape index (κ1) is 25.4. The highest BCUT2D eigenvalue weighted by molar-refractivity contribution is 5.01. The molecular weight excluding hydrogens is 330 g/mol. The Bertz CT molecular complexity index is 455. The zero-order valence-corrected chi connectivity index (χ0v) is 17.4. The van der Waals surface area contributed by atoms with Crippen LogP contribution in [0.4, 0.5) is 0 Å². The monoisotopic (exact) mass is 371 g/mol. The van der Waals surface area contributed by atoms with E-state index in [2.05, 4.69) is 79.8 Å². The van der Waals surface area contributed by atoms with E-state index < -0.39 is 0 Å². The fraction of sp³-hybridized carbons (Fsp3) is 0.520. The van der Waals surface area contributed by atoms with Crippen LogP contribution in [0.1, 0.15) is 64.7 Å². The summed E-state index contributed by atoms with van der Waals surface area (Å²) in [6, 6.07) is 0. The number of hydrogen-bond acceptors (Lipinski definition) is 2. The van der Waals surface area contributed by atoms with Crippen molar-refractivity contribution in [3.63, 3.8) is 0 Å². The average molecular weight is 372 g/mol. The minimum atomic E-state index is 0.715. The summed E-state index contributed by atoms with van der Waals surface area (Å²) in [4.78, 5) is 0. The summed E-state index contributed by atoms with van der Waals surface area (Å²) in [6.45, 7) is 4.51. The van der Waals surface area contributed by atoms with Crippen LogP contribution in [-0.2, 0) is 4.74 Å². The highest BCUT2D eigenvalue weighted by Crippen LogP contribution is 1.98. The van der Waals surface area contributed by atoms with Gasteiger partial charge in [-0.15, -0.1) is 0 Å². The van der Waals surface area contributed by atoms with Gasteiger partial charge >= 0.3 is 0 Å². The fourth-order valence-corrected chi connectivity index (χ4v) is 2.23. The van der Waals surface area contributed by atoms with Crippen LogP contribution in [0.2, 0.25) is 0 Å². The Balaban J connectivity index is 3.43. The van der Waals surface area contributed by atoms with Gasteiger partial charge in [-0.2, -0.15) is 0 Å². The van der Waals surface area contributed by atoms with Gasteiger partial charge in [0.25, 0.3) is 0 Å². The summed E-state index contributed by atoms with van der Waals surface area (Å²) in [5.41, 5.74) is 5.41. The Morgan fingerprint density at radius 3 is 1.41 bits per heavy atom. The van der Waals surface area contributed by atoms with E-state index in [4.69, 9.17) is 10.5 Å². The first-order chi connectivity index (χ1) is 13.4. The number of nitrogens with two attached hydrogens (primary N) is 1. The van der Waals surface area contributed by atoms with Crippen LogP contribution in [0.15, 0.2) is 72.9 Å². The maximum atomic E-state index is 5.47. The van der Waals surface area contributed by atoms with Crippen LogP contribution < -0.4 is 5.73 Å². The smallest absolute Gasteiger partial charge is 0.0478 e. The molecule has 2 N–H and O–H groups in total. The lowest BCUT2D eigenvalue weighted by atomic mass is 10.2. The molecule has 0 aliphatic carbocycles. The lowest BCUT2D eigenvalue weighted by molar-refractivity contribution is 0.131. The van der Waals surface area contributed by atoms with Crippen molar-refractivity contribution >= 4 is 0 Å². The van der Waals surface area contributed by atoms with E-state index in [0.29, 0.717) is 6.54 Å². The predicted octanol–water partition coefficient (Wildman–Crippen LogP) is 6.83. The van der Waals surface area contributed by atoms with E-state index in [0.717, 1.165) is 71.0 Å². The Labute approximate surface area is 168 Å². The molecule has 0 aliphatic heterocycles. The second-order valence-corrected chi connectivity index (χ2v) is 6.31. The van der Waals surface area contributed by atoms with E-state index in [-0.39, 0.29) is 0 Å². The molecule has 0 rings (SSSR count). The normalized spacial score (nSPS) is 13.1. The van der Waals surface area contributed by atoms with Gasteiger partial charge in [-0.3, -0.25) is 0 Å². The third-order valence-corrected chi connectivity index (χ3v) is 3.75. The summed E-state index contributed by atoms with van der Waals surface area (Å²) in [5, 5.41) is 0. The molecule has 0 fully saturated rings. The molecule has 2 nitrogen and oxygen atoms in total. The molecule has 0 bridgehead atoms. The maximum absolute atomic E-state index is 5.47. The van der Waals surface area contributed by atoms with E-state index in [1.54, 1.807) is 0 Å². The predicted molar refractivity (Wildman–Crippen MR) is 122 cm³/mol. The molecule has 27 heavy (non-hydrogen) atoms. The highest BCUT2D eigenvalue weighted by atomic mass is 16.5. The van der Waals surface area contributed by atoms with Crippen LogP contribution in [0.25, 0.3) is 0 Å². The molecule has 0 aromatic carbocycles. The van der Waals surface area contributed by atoms with Crippen molar-refractivity contribution in [3.05, 3.63) is 72.9 Å². The van der Waals surface area contributed by atoms with Crippen molar-refractivity contribution < 1.29 is 4.74 Å². The molecule has 152 valence electrons. The minimum Gasteiger partial charge on any atom is -0.381 e. The molecule has 0 saturated carbocycles. The maximum Gasteiger partial charge on any atom is 0.0478 e. The Kier molecular flexibility index (Phi) is 22.9. The second-order valence-electron chi connectivity index (χ2n) is 6.31. The molecule has 0 aromatic heterocycles. The van der Waals surface area contributed by atoms with E-state index in [9.17, 15) is 0 Å². The second kappa shape index (κ2) is 24.4. The summed E-state index contributed by atoms with van der Waals surface area (Å²) < 4.78 is 5.47. The van der Waals surface area contributed by atoms with Gasteiger partial charge < -0.3 is 10.5 Å². The topological polar surface area (TPSA) is 35.2 Å². The van der Waals surface area contributed by atoms with Gasteiger partial charge in [0, 0.05) is 13.2 Å².